The molecule has 0 aromatic carbocycles. The molecule has 0 atom stereocenters. The SMILES string of the molecule is CC(=O)CC(=O)C(=O)CC1C(=O)C=CC1=O. The van der Waals surface area contributed by atoms with Crippen LogP contribution in [0.2, 0.25) is 0 Å². The number of allylic oxidation sites excluding steroid dienone is 2. The van der Waals surface area contributed by atoms with Gasteiger partial charge in [-0.1, -0.05) is 0 Å². The number of carbonyl (C=O) groups excluding carboxylic acids is 5. The highest BCUT2D eigenvalue weighted by Gasteiger charge is 2.32. The lowest BCUT2D eigenvalue weighted by molar-refractivity contribution is -0.140. The Morgan fingerprint density at radius 3 is 2.00 bits per heavy atom. The minimum absolute atomic E-state index is 0.416. The molecule has 0 amide bonds. The molecule has 0 fully saturated rings. The van der Waals surface area contributed by atoms with E-state index < -0.39 is 47.7 Å². The van der Waals surface area contributed by atoms with Crippen LogP contribution in [-0.4, -0.2) is 28.9 Å². The molecule has 5 nitrogen and oxygen atoms in total. The van der Waals surface area contributed by atoms with Gasteiger partial charge in [0.2, 0.25) is 5.78 Å². The predicted octanol–water partition coefficient (Wildman–Crippen LogP) is -0.182. The topological polar surface area (TPSA) is 85.3 Å². The summed E-state index contributed by atoms with van der Waals surface area (Å²) in [5.74, 6) is -4.10. The molecule has 0 saturated carbocycles. The Hall–Kier alpha value is -1.91. The first-order valence-electron chi connectivity index (χ1n) is 4.73. The molecule has 0 aromatic heterocycles. The van der Waals surface area contributed by atoms with E-state index in [0.29, 0.717) is 0 Å². The number of carbonyl (C=O) groups is 5. The van der Waals surface area contributed by atoms with Crippen LogP contribution in [-0.2, 0) is 24.0 Å². The Labute approximate surface area is 91.5 Å². The van der Waals surface area contributed by atoms with Crippen molar-refractivity contribution in [2.24, 2.45) is 5.92 Å². The van der Waals surface area contributed by atoms with Gasteiger partial charge in [0.15, 0.2) is 17.3 Å². The molecule has 1 rings (SSSR count). The fourth-order valence-electron chi connectivity index (χ4n) is 1.36. The third-order valence-electron chi connectivity index (χ3n) is 2.21. The van der Waals surface area contributed by atoms with Crippen molar-refractivity contribution < 1.29 is 24.0 Å². The summed E-state index contributed by atoms with van der Waals surface area (Å²) in [5, 5.41) is 0. The van der Waals surface area contributed by atoms with Gasteiger partial charge in [-0.3, -0.25) is 24.0 Å². The molecule has 0 radical (unpaired) electrons. The van der Waals surface area contributed by atoms with E-state index in [0.717, 1.165) is 12.2 Å². The number of ketones is 5. The van der Waals surface area contributed by atoms with E-state index in [9.17, 15) is 24.0 Å². The van der Waals surface area contributed by atoms with Crippen LogP contribution in [0.15, 0.2) is 12.2 Å². The van der Waals surface area contributed by atoms with Gasteiger partial charge in [0.25, 0.3) is 0 Å². The van der Waals surface area contributed by atoms with Gasteiger partial charge in [0.1, 0.15) is 5.78 Å². The second kappa shape index (κ2) is 4.74. The van der Waals surface area contributed by atoms with E-state index in [2.05, 4.69) is 0 Å². The molecule has 0 heterocycles. The molecule has 0 aliphatic heterocycles. The first-order chi connectivity index (χ1) is 7.41. The zero-order valence-electron chi connectivity index (χ0n) is 8.69. The van der Waals surface area contributed by atoms with Crippen molar-refractivity contribution >= 4 is 28.9 Å². The zero-order valence-corrected chi connectivity index (χ0v) is 8.69. The smallest absolute Gasteiger partial charge is 0.205 e. The van der Waals surface area contributed by atoms with Crippen molar-refractivity contribution in [1.29, 1.82) is 0 Å². The average molecular weight is 222 g/mol. The molecule has 5 heteroatoms. The minimum Gasteiger partial charge on any atom is -0.300 e. The summed E-state index contributed by atoms with van der Waals surface area (Å²) in [5.41, 5.74) is 0. The Morgan fingerprint density at radius 1 is 1.06 bits per heavy atom. The summed E-state index contributed by atoms with van der Waals surface area (Å²) < 4.78 is 0. The van der Waals surface area contributed by atoms with Gasteiger partial charge >= 0.3 is 0 Å². The highest BCUT2D eigenvalue weighted by Crippen LogP contribution is 2.15. The van der Waals surface area contributed by atoms with E-state index in [1.54, 1.807) is 0 Å². The minimum atomic E-state index is -1.07. The average Bonchev–Trinajstić information content (AvgIpc) is 2.48. The van der Waals surface area contributed by atoms with Crippen LogP contribution in [0.3, 0.4) is 0 Å². The lowest BCUT2D eigenvalue weighted by Crippen LogP contribution is -2.25. The number of hydrogen-bond donors (Lipinski definition) is 0. The second-order valence-corrected chi connectivity index (χ2v) is 3.62. The van der Waals surface area contributed by atoms with E-state index in [4.69, 9.17) is 0 Å². The van der Waals surface area contributed by atoms with Gasteiger partial charge in [-0.2, -0.15) is 0 Å². The molecule has 0 aromatic rings. The van der Waals surface area contributed by atoms with Crippen LogP contribution in [0.1, 0.15) is 19.8 Å². The largest absolute Gasteiger partial charge is 0.300 e. The number of Topliss-reactive ketones (excluding diaryl/α,β-unsaturated/α-hetero) is 3. The van der Waals surface area contributed by atoms with E-state index in [1.807, 2.05) is 0 Å². The normalized spacial score (nSPS) is 15.6. The molecule has 0 spiro atoms. The maximum Gasteiger partial charge on any atom is 0.205 e. The Kier molecular flexibility index (Phi) is 3.60. The molecule has 16 heavy (non-hydrogen) atoms. The summed E-state index contributed by atoms with van der Waals surface area (Å²) >= 11 is 0. The molecule has 0 N–H and O–H groups in total. The lowest BCUT2D eigenvalue weighted by atomic mass is 9.95. The Bertz CT molecular complexity index is 398. The van der Waals surface area contributed by atoms with Crippen LogP contribution in [0, 0.1) is 5.92 Å². The lowest BCUT2D eigenvalue weighted by Gasteiger charge is -2.04. The van der Waals surface area contributed by atoms with E-state index in [-0.39, 0.29) is 0 Å². The van der Waals surface area contributed by atoms with Crippen molar-refractivity contribution in [3.05, 3.63) is 12.2 Å². The van der Waals surface area contributed by atoms with Crippen molar-refractivity contribution in [3.63, 3.8) is 0 Å². The van der Waals surface area contributed by atoms with E-state index >= 15 is 0 Å². The Morgan fingerprint density at radius 2 is 1.56 bits per heavy atom. The quantitative estimate of drug-likeness (QED) is 0.475. The Balaban J connectivity index is 2.58. The number of rotatable bonds is 5. The van der Waals surface area contributed by atoms with Crippen LogP contribution >= 0.6 is 0 Å². The second-order valence-electron chi connectivity index (χ2n) is 3.62. The highest BCUT2D eigenvalue weighted by atomic mass is 16.2. The maximum absolute atomic E-state index is 11.3. The van der Waals surface area contributed by atoms with Crippen LogP contribution < -0.4 is 0 Å². The molecular weight excluding hydrogens is 212 g/mol. The van der Waals surface area contributed by atoms with Crippen molar-refractivity contribution in [2.45, 2.75) is 19.8 Å². The molecule has 1 aliphatic carbocycles. The first kappa shape index (κ1) is 12.2. The zero-order chi connectivity index (χ0) is 12.3. The molecule has 0 saturated heterocycles. The predicted molar refractivity (Wildman–Crippen MR) is 52.6 cm³/mol. The fourth-order valence-corrected chi connectivity index (χ4v) is 1.36. The van der Waals surface area contributed by atoms with Gasteiger partial charge in [-0.15, -0.1) is 0 Å². The highest BCUT2D eigenvalue weighted by molar-refractivity contribution is 6.41. The third kappa shape index (κ3) is 2.79. The summed E-state index contributed by atoms with van der Waals surface area (Å²) in [6.07, 6.45) is 1.28. The van der Waals surface area contributed by atoms with Crippen LogP contribution in [0.4, 0.5) is 0 Å². The molecule has 1 aliphatic rings. The summed E-state index contributed by atoms with van der Waals surface area (Å²) in [7, 11) is 0. The molecule has 0 unspecified atom stereocenters. The van der Waals surface area contributed by atoms with Gasteiger partial charge in [0, 0.05) is 6.42 Å². The maximum atomic E-state index is 11.3. The van der Waals surface area contributed by atoms with Crippen LogP contribution in [0.5, 0.6) is 0 Å². The summed E-state index contributed by atoms with van der Waals surface area (Å²) in [6, 6.07) is 0. The van der Waals surface area contributed by atoms with Gasteiger partial charge in [-0.25, -0.2) is 0 Å². The van der Waals surface area contributed by atoms with Crippen molar-refractivity contribution in [3.8, 4) is 0 Å². The standard InChI is InChI=1S/C11H10O5/c1-6(12)4-10(15)11(16)5-7-8(13)2-3-9(7)14/h2-3,7H,4-5H2,1H3. The summed E-state index contributed by atoms with van der Waals surface area (Å²) in [4.78, 5) is 55.3. The van der Waals surface area contributed by atoms with Gasteiger partial charge < -0.3 is 0 Å². The summed E-state index contributed by atoms with van der Waals surface area (Å²) in [6.45, 7) is 1.19. The molecular formula is C11H10O5. The third-order valence-corrected chi connectivity index (χ3v) is 2.21. The van der Waals surface area contributed by atoms with Crippen LogP contribution in [0.25, 0.3) is 0 Å². The monoisotopic (exact) mass is 222 g/mol. The molecule has 0 bridgehead atoms. The van der Waals surface area contributed by atoms with Crippen molar-refractivity contribution in [1.82, 2.24) is 0 Å². The van der Waals surface area contributed by atoms with Crippen molar-refractivity contribution in [2.75, 3.05) is 0 Å². The van der Waals surface area contributed by atoms with E-state index in [1.165, 1.54) is 6.92 Å². The first-order valence-corrected chi connectivity index (χ1v) is 4.73. The molecule has 84 valence electrons. The number of hydrogen-bond acceptors (Lipinski definition) is 5. The fraction of sp³-hybridized carbons (Fsp3) is 0.364. The van der Waals surface area contributed by atoms with Gasteiger partial charge in [0.05, 0.1) is 12.3 Å². The van der Waals surface area contributed by atoms with Gasteiger partial charge in [-0.05, 0) is 19.1 Å².